The lowest BCUT2D eigenvalue weighted by Gasteiger charge is -2.38. The number of hydrogen-bond donors (Lipinski definition) is 2. The molecule has 0 aromatic carbocycles. The number of hydrogen-bond acceptors (Lipinski definition) is 4. The standard InChI is InChI=1S/C25H52N2O2/c1-5-7-8-9-10-11-12-13-14-15-16-17-18-19-20-21-23-26(22-6-2)27(24(3)28)25(4)29/h21,23-25,28-29H,5-20,22H2,1-4H3. The van der Waals surface area contributed by atoms with Gasteiger partial charge in [0.25, 0.3) is 0 Å². The van der Waals surface area contributed by atoms with Gasteiger partial charge in [0.15, 0.2) is 0 Å². The van der Waals surface area contributed by atoms with Crippen LogP contribution in [0.25, 0.3) is 0 Å². The smallest absolute Gasteiger partial charge is 0.124 e. The molecule has 0 aromatic rings. The van der Waals surface area contributed by atoms with E-state index in [0.717, 1.165) is 19.4 Å². The molecule has 0 bridgehead atoms. The molecule has 0 aliphatic rings. The van der Waals surface area contributed by atoms with Gasteiger partial charge in [0.2, 0.25) is 0 Å². The molecule has 0 saturated carbocycles. The normalized spacial score (nSPS) is 14.0. The average molecular weight is 413 g/mol. The first-order valence-corrected chi connectivity index (χ1v) is 12.6. The van der Waals surface area contributed by atoms with E-state index in [1.807, 2.05) is 11.2 Å². The number of rotatable bonds is 21. The molecule has 0 aliphatic carbocycles. The highest BCUT2D eigenvalue weighted by atomic mass is 16.3. The summed E-state index contributed by atoms with van der Waals surface area (Å²) >= 11 is 0. The van der Waals surface area contributed by atoms with E-state index < -0.39 is 12.5 Å². The van der Waals surface area contributed by atoms with Gasteiger partial charge < -0.3 is 15.2 Å². The highest BCUT2D eigenvalue weighted by Crippen LogP contribution is 2.14. The molecular formula is C25H52N2O2. The summed E-state index contributed by atoms with van der Waals surface area (Å²) in [5.41, 5.74) is 0. The van der Waals surface area contributed by atoms with Gasteiger partial charge in [-0.25, -0.2) is 0 Å². The Hall–Kier alpha value is -0.580. The Bertz CT molecular complexity index is 351. The third kappa shape index (κ3) is 16.9. The Kier molecular flexibility index (Phi) is 20.3. The van der Waals surface area contributed by atoms with E-state index in [4.69, 9.17) is 0 Å². The van der Waals surface area contributed by atoms with Gasteiger partial charge >= 0.3 is 0 Å². The van der Waals surface area contributed by atoms with Crippen molar-refractivity contribution in [2.75, 3.05) is 6.54 Å². The first-order chi connectivity index (χ1) is 14.0. The van der Waals surface area contributed by atoms with Crippen LogP contribution in [0.1, 0.15) is 130 Å². The predicted octanol–water partition coefficient (Wildman–Crippen LogP) is 6.98. The molecule has 174 valence electrons. The van der Waals surface area contributed by atoms with Crippen LogP contribution in [-0.2, 0) is 0 Å². The third-order valence-electron chi connectivity index (χ3n) is 5.52. The van der Waals surface area contributed by atoms with Gasteiger partial charge in [0, 0.05) is 12.7 Å². The zero-order chi connectivity index (χ0) is 21.7. The quantitative estimate of drug-likeness (QED) is 0.121. The van der Waals surface area contributed by atoms with Gasteiger partial charge in [-0.15, -0.1) is 0 Å². The maximum absolute atomic E-state index is 9.90. The minimum atomic E-state index is -0.702. The summed E-state index contributed by atoms with van der Waals surface area (Å²) in [5.74, 6) is 0. The van der Waals surface area contributed by atoms with Crippen molar-refractivity contribution in [2.24, 2.45) is 0 Å². The summed E-state index contributed by atoms with van der Waals surface area (Å²) < 4.78 is 0. The van der Waals surface area contributed by atoms with Crippen LogP contribution in [0.2, 0.25) is 0 Å². The summed E-state index contributed by atoms with van der Waals surface area (Å²) in [6, 6.07) is 0. The lowest BCUT2D eigenvalue weighted by Crippen LogP contribution is -2.50. The van der Waals surface area contributed by atoms with Crippen LogP contribution in [-0.4, -0.2) is 39.2 Å². The van der Waals surface area contributed by atoms with E-state index in [9.17, 15) is 10.2 Å². The van der Waals surface area contributed by atoms with Crippen molar-refractivity contribution in [3.05, 3.63) is 12.3 Å². The van der Waals surface area contributed by atoms with Crippen LogP contribution in [0, 0.1) is 0 Å². The average Bonchev–Trinajstić information content (AvgIpc) is 2.67. The van der Waals surface area contributed by atoms with E-state index in [1.54, 1.807) is 18.9 Å². The zero-order valence-corrected chi connectivity index (χ0v) is 20.1. The molecule has 4 nitrogen and oxygen atoms in total. The molecule has 29 heavy (non-hydrogen) atoms. The second-order valence-corrected chi connectivity index (χ2v) is 8.58. The molecule has 0 aromatic heterocycles. The van der Waals surface area contributed by atoms with Crippen LogP contribution < -0.4 is 0 Å². The van der Waals surface area contributed by atoms with Gasteiger partial charge in [0.05, 0.1) is 0 Å². The first kappa shape index (κ1) is 28.4. The number of nitrogens with zero attached hydrogens (tertiary/aromatic N) is 2. The topological polar surface area (TPSA) is 46.9 Å². The SMILES string of the molecule is CCCCCCCCCCCCCCCCC=CN(CCC)N(C(C)O)C(C)O. The fraction of sp³-hybridized carbons (Fsp3) is 0.920. The Balaban J connectivity index is 3.65. The van der Waals surface area contributed by atoms with Crippen molar-refractivity contribution in [3.63, 3.8) is 0 Å². The van der Waals surface area contributed by atoms with Crippen molar-refractivity contribution >= 4 is 0 Å². The van der Waals surface area contributed by atoms with Crippen LogP contribution in [0.5, 0.6) is 0 Å². The molecule has 4 heteroatoms. The monoisotopic (exact) mass is 412 g/mol. The number of aliphatic hydroxyl groups is 2. The Morgan fingerprint density at radius 3 is 1.41 bits per heavy atom. The Morgan fingerprint density at radius 2 is 1.03 bits per heavy atom. The second kappa shape index (κ2) is 20.7. The number of hydrazine groups is 1. The minimum Gasteiger partial charge on any atom is -0.377 e. The molecule has 0 aliphatic heterocycles. The molecule has 0 fully saturated rings. The lowest BCUT2D eigenvalue weighted by atomic mass is 10.0. The summed E-state index contributed by atoms with van der Waals surface area (Å²) in [5, 5.41) is 23.4. The van der Waals surface area contributed by atoms with Crippen LogP contribution in [0.15, 0.2) is 12.3 Å². The van der Waals surface area contributed by atoms with Gasteiger partial charge in [-0.1, -0.05) is 103 Å². The molecular weight excluding hydrogens is 360 g/mol. The Morgan fingerprint density at radius 1 is 0.621 bits per heavy atom. The summed E-state index contributed by atoms with van der Waals surface area (Å²) in [6.07, 6.45) is 24.2. The van der Waals surface area contributed by atoms with Crippen LogP contribution in [0.4, 0.5) is 0 Å². The highest BCUT2D eigenvalue weighted by Gasteiger charge is 2.20. The van der Waals surface area contributed by atoms with Crippen molar-refractivity contribution in [1.82, 2.24) is 10.0 Å². The van der Waals surface area contributed by atoms with Gasteiger partial charge in [0.1, 0.15) is 12.5 Å². The largest absolute Gasteiger partial charge is 0.377 e. The minimum absolute atomic E-state index is 0.702. The van der Waals surface area contributed by atoms with E-state index >= 15 is 0 Å². The maximum Gasteiger partial charge on any atom is 0.124 e. The number of allylic oxidation sites excluding steroid dienone is 1. The van der Waals surface area contributed by atoms with E-state index in [0.29, 0.717) is 0 Å². The number of aliphatic hydroxyl groups excluding tert-OH is 2. The van der Waals surface area contributed by atoms with E-state index in [-0.39, 0.29) is 0 Å². The fourth-order valence-corrected chi connectivity index (χ4v) is 3.89. The number of unbranched alkanes of at least 4 members (excludes halogenated alkanes) is 14. The van der Waals surface area contributed by atoms with Crippen molar-refractivity contribution < 1.29 is 10.2 Å². The molecule has 0 spiro atoms. The molecule has 0 radical (unpaired) electrons. The molecule has 2 N–H and O–H groups in total. The van der Waals surface area contributed by atoms with Crippen molar-refractivity contribution in [1.29, 1.82) is 0 Å². The summed E-state index contributed by atoms with van der Waals surface area (Å²) in [4.78, 5) is 0. The molecule has 2 unspecified atom stereocenters. The summed E-state index contributed by atoms with van der Waals surface area (Å²) in [7, 11) is 0. The first-order valence-electron chi connectivity index (χ1n) is 12.6. The van der Waals surface area contributed by atoms with E-state index in [2.05, 4.69) is 19.9 Å². The molecule has 0 amide bonds. The Labute approximate surface area is 182 Å². The summed E-state index contributed by atoms with van der Waals surface area (Å²) in [6.45, 7) is 8.57. The van der Waals surface area contributed by atoms with Crippen LogP contribution >= 0.6 is 0 Å². The van der Waals surface area contributed by atoms with Crippen LogP contribution in [0.3, 0.4) is 0 Å². The molecule has 0 heterocycles. The highest BCUT2D eigenvalue weighted by molar-refractivity contribution is 4.82. The zero-order valence-electron chi connectivity index (χ0n) is 20.1. The van der Waals surface area contributed by atoms with E-state index in [1.165, 1.54) is 89.9 Å². The lowest BCUT2D eigenvalue weighted by molar-refractivity contribution is -0.186. The van der Waals surface area contributed by atoms with Gasteiger partial charge in [-0.3, -0.25) is 0 Å². The predicted molar refractivity (Wildman–Crippen MR) is 126 cm³/mol. The maximum atomic E-state index is 9.90. The second-order valence-electron chi connectivity index (χ2n) is 8.58. The van der Waals surface area contributed by atoms with Gasteiger partial charge in [-0.05, 0) is 33.1 Å². The molecule has 0 saturated heterocycles. The van der Waals surface area contributed by atoms with Gasteiger partial charge in [-0.2, -0.15) is 5.01 Å². The molecule has 0 rings (SSSR count). The third-order valence-corrected chi connectivity index (χ3v) is 5.52. The molecule has 2 atom stereocenters. The van der Waals surface area contributed by atoms with Crippen molar-refractivity contribution in [3.8, 4) is 0 Å². The van der Waals surface area contributed by atoms with Crippen molar-refractivity contribution in [2.45, 2.75) is 143 Å². The fourth-order valence-electron chi connectivity index (χ4n) is 3.89.